The van der Waals surface area contributed by atoms with Crippen molar-refractivity contribution < 1.29 is 13.9 Å². The van der Waals surface area contributed by atoms with Gasteiger partial charge in [-0.3, -0.25) is 10.1 Å². The summed E-state index contributed by atoms with van der Waals surface area (Å²) < 4.78 is 11.4. The zero-order valence-corrected chi connectivity index (χ0v) is 16.1. The van der Waals surface area contributed by atoms with Gasteiger partial charge in [0.15, 0.2) is 22.2 Å². The SMILES string of the molecule is CCOc1cccc2cc(C(=O)Nc3nc4c(s3)CCc3ccccc3-4)oc12. The van der Waals surface area contributed by atoms with Crippen molar-refractivity contribution in [2.24, 2.45) is 0 Å². The van der Waals surface area contributed by atoms with Gasteiger partial charge < -0.3 is 9.15 Å². The third-order valence-electron chi connectivity index (χ3n) is 4.84. The number of nitrogens with one attached hydrogen (secondary N) is 1. The van der Waals surface area contributed by atoms with Crippen LogP contribution in [-0.4, -0.2) is 17.5 Å². The molecule has 4 aromatic rings. The number of hydrogen-bond acceptors (Lipinski definition) is 5. The van der Waals surface area contributed by atoms with Crippen molar-refractivity contribution in [2.45, 2.75) is 19.8 Å². The lowest BCUT2D eigenvalue weighted by atomic mass is 9.94. The molecule has 0 unspecified atom stereocenters. The number of carbonyl (C=O) groups excluding carboxylic acids is 1. The lowest BCUT2D eigenvalue weighted by Gasteiger charge is -2.13. The first-order valence-electron chi connectivity index (χ1n) is 9.27. The Labute approximate surface area is 166 Å². The topological polar surface area (TPSA) is 64.4 Å². The number of fused-ring (bicyclic) bond motifs is 4. The van der Waals surface area contributed by atoms with Crippen LogP contribution in [0.4, 0.5) is 5.13 Å². The molecular weight excluding hydrogens is 372 g/mol. The van der Waals surface area contributed by atoms with Gasteiger partial charge in [-0.15, -0.1) is 11.3 Å². The smallest absolute Gasteiger partial charge is 0.293 e. The van der Waals surface area contributed by atoms with E-state index in [2.05, 4.69) is 28.5 Å². The fourth-order valence-corrected chi connectivity index (χ4v) is 4.55. The van der Waals surface area contributed by atoms with Gasteiger partial charge >= 0.3 is 0 Å². The number of ether oxygens (including phenoxy) is 1. The molecule has 2 aromatic carbocycles. The fourth-order valence-electron chi connectivity index (χ4n) is 3.58. The van der Waals surface area contributed by atoms with Gasteiger partial charge in [0.2, 0.25) is 0 Å². The van der Waals surface area contributed by atoms with Gasteiger partial charge in [0.1, 0.15) is 0 Å². The predicted octanol–water partition coefficient (Wildman–Crippen LogP) is 5.31. The van der Waals surface area contributed by atoms with Crippen LogP contribution in [0.3, 0.4) is 0 Å². The van der Waals surface area contributed by atoms with Crippen molar-refractivity contribution in [1.29, 1.82) is 0 Å². The molecule has 0 radical (unpaired) electrons. The summed E-state index contributed by atoms with van der Waals surface area (Å²) in [6.07, 6.45) is 1.95. The van der Waals surface area contributed by atoms with E-state index in [4.69, 9.17) is 9.15 Å². The number of rotatable bonds is 4. The number of hydrogen-bond donors (Lipinski definition) is 1. The van der Waals surface area contributed by atoms with E-state index in [0.29, 0.717) is 23.1 Å². The van der Waals surface area contributed by atoms with Crippen molar-refractivity contribution in [3.05, 3.63) is 64.7 Å². The Balaban J connectivity index is 1.43. The van der Waals surface area contributed by atoms with Crippen LogP contribution in [0.1, 0.15) is 27.9 Å². The second-order valence-corrected chi connectivity index (χ2v) is 7.70. The number of anilines is 1. The molecule has 5 rings (SSSR count). The first-order valence-corrected chi connectivity index (χ1v) is 10.1. The molecule has 0 aliphatic heterocycles. The van der Waals surface area contributed by atoms with Gasteiger partial charge in [-0.25, -0.2) is 4.98 Å². The third-order valence-corrected chi connectivity index (χ3v) is 5.87. The number of aryl methyl sites for hydroxylation is 2. The number of furan rings is 1. The molecule has 28 heavy (non-hydrogen) atoms. The standard InChI is InChI=1S/C22H18N2O3S/c1-2-26-16-9-5-7-14-12-17(27-20(14)16)21(25)24-22-23-19-15-8-4-3-6-13(15)10-11-18(19)28-22/h3-9,12H,2,10-11H2,1H3,(H,23,24,25). The van der Waals surface area contributed by atoms with Gasteiger partial charge in [0, 0.05) is 15.8 Å². The maximum absolute atomic E-state index is 12.7. The Hall–Kier alpha value is -3.12. The summed E-state index contributed by atoms with van der Waals surface area (Å²) in [7, 11) is 0. The Morgan fingerprint density at radius 2 is 2.11 bits per heavy atom. The number of benzene rings is 2. The van der Waals surface area contributed by atoms with Crippen LogP contribution >= 0.6 is 11.3 Å². The molecule has 0 atom stereocenters. The maximum Gasteiger partial charge on any atom is 0.293 e. The molecule has 140 valence electrons. The van der Waals surface area contributed by atoms with Gasteiger partial charge in [0.05, 0.1) is 12.3 Å². The fraction of sp³-hybridized carbons (Fsp3) is 0.182. The molecule has 0 bridgehead atoms. The van der Waals surface area contributed by atoms with E-state index >= 15 is 0 Å². The van der Waals surface area contributed by atoms with Gasteiger partial charge in [-0.05, 0) is 37.5 Å². The highest BCUT2D eigenvalue weighted by molar-refractivity contribution is 7.16. The zero-order chi connectivity index (χ0) is 19.1. The number of thiazole rings is 1. The molecule has 1 N–H and O–H groups in total. The van der Waals surface area contributed by atoms with Crippen LogP contribution in [-0.2, 0) is 12.8 Å². The minimum absolute atomic E-state index is 0.246. The normalized spacial score (nSPS) is 12.5. The molecule has 2 heterocycles. The number of para-hydroxylation sites is 1. The van der Waals surface area contributed by atoms with E-state index < -0.39 is 0 Å². The number of carbonyl (C=O) groups is 1. The lowest BCUT2D eigenvalue weighted by Crippen LogP contribution is -2.10. The highest BCUT2D eigenvalue weighted by Gasteiger charge is 2.22. The molecule has 0 saturated carbocycles. The van der Waals surface area contributed by atoms with Crippen LogP contribution in [0.2, 0.25) is 0 Å². The number of aromatic nitrogens is 1. The van der Waals surface area contributed by atoms with Gasteiger partial charge in [0.25, 0.3) is 5.91 Å². The third kappa shape index (κ3) is 2.86. The summed E-state index contributed by atoms with van der Waals surface area (Å²) >= 11 is 1.53. The minimum Gasteiger partial charge on any atom is -0.490 e. The molecule has 2 aromatic heterocycles. The second kappa shape index (κ2) is 6.80. The maximum atomic E-state index is 12.7. The van der Waals surface area contributed by atoms with Crippen molar-refractivity contribution in [3.63, 3.8) is 0 Å². The van der Waals surface area contributed by atoms with Gasteiger partial charge in [-0.1, -0.05) is 36.4 Å². The van der Waals surface area contributed by atoms with Crippen molar-refractivity contribution in [1.82, 2.24) is 4.98 Å². The molecule has 0 saturated heterocycles. The monoisotopic (exact) mass is 390 g/mol. The summed E-state index contributed by atoms with van der Waals surface area (Å²) in [6, 6.07) is 15.7. The van der Waals surface area contributed by atoms with Crippen molar-refractivity contribution in [3.8, 4) is 17.0 Å². The average molecular weight is 390 g/mol. The molecule has 0 spiro atoms. The molecule has 0 fully saturated rings. The van der Waals surface area contributed by atoms with Crippen molar-refractivity contribution in [2.75, 3.05) is 11.9 Å². The summed E-state index contributed by atoms with van der Waals surface area (Å²) in [5.41, 5.74) is 4.02. The van der Waals surface area contributed by atoms with E-state index in [0.717, 1.165) is 29.5 Å². The number of amides is 1. The highest BCUT2D eigenvalue weighted by atomic mass is 32.1. The first-order chi connectivity index (χ1) is 13.7. The Morgan fingerprint density at radius 1 is 1.21 bits per heavy atom. The van der Waals surface area contributed by atoms with E-state index in [9.17, 15) is 4.79 Å². The van der Waals surface area contributed by atoms with Crippen LogP contribution in [0.15, 0.2) is 52.9 Å². The van der Waals surface area contributed by atoms with Crippen LogP contribution in [0.25, 0.3) is 22.2 Å². The summed E-state index contributed by atoms with van der Waals surface area (Å²) in [5, 5.41) is 4.32. The van der Waals surface area contributed by atoms with E-state index in [-0.39, 0.29) is 11.7 Å². The van der Waals surface area contributed by atoms with Crippen LogP contribution < -0.4 is 10.1 Å². The summed E-state index contributed by atoms with van der Waals surface area (Å²) in [6.45, 7) is 2.45. The van der Waals surface area contributed by atoms with E-state index in [1.54, 1.807) is 6.07 Å². The Morgan fingerprint density at radius 3 is 3.00 bits per heavy atom. The molecule has 1 aliphatic rings. The zero-order valence-electron chi connectivity index (χ0n) is 15.3. The van der Waals surface area contributed by atoms with Crippen LogP contribution in [0.5, 0.6) is 5.75 Å². The lowest BCUT2D eigenvalue weighted by molar-refractivity contribution is 0.0998. The first kappa shape index (κ1) is 17.0. The molecule has 6 heteroatoms. The minimum atomic E-state index is -0.307. The van der Waals surface area contributed by atoms with E-state index in [1.165, 1.54) is 21.8 Å². The number of nitrogens with zero attached hydrogens (tertiary/aromatic N) is 1. The van der Waals surface area contributed by atoms with Gasteiger partial charge in [-0.2, -0.15) is 0 Å². The summed E-state index contributed by atoms with van der Waals surface area (Å²) in [4.78, 5) is 18.6. The van der Waals surface area contributed by atoms with E-state index in [1.807, 2.05) is 31.2 Å². The second-order valence-electron chi connectivity index (χ2n) is 6.62. The summed E-state index contributed by atoms with van der Waals surface area (Å²) in [5.74, 6) is 0.578. The predicted molar refractivity (Wildman–Crippen MR) is 110 cm³/mol. The average Bonchev–Trinajstić information content (AvgIpc) is 3.32. The quantitative estimate of drug-likeness (QED) is 0.513. The Kier molecular flexibility index (Phi) is 4.13. The molecule has 1 aliphatic carbocycles. The molecule has 5 nitrogen and oxygen atoms in total. The molecular formula is C22H18N2O3S. The Bertz CT molecular complexity index is 1190. The largest absolute Gasteiger partial charge is 0.490 e. The highest BCUT2D eigenvalue weighted by Crippen LogP contribution is 2.38. The molecule has 1 amide bonds. The van der Waals surface area contributed by atoms with Crippen LogP contribution in [0, 0.1) is 0 Å². The van der Waals surface area contributed by atoms with Crippen molar-refractivity contribution >= 4 is 33.3 Å².